The minimum atomic E-state index is -3.65. The number of nitrogens with zero attached hydrogens (tertiary/aromatic N) is 2. The molecule has 182 valence electrons. The van der Waals surface area contributed by atoms with Crippen molar-refractivity contribution in [2.75, 3.05) is 24.1 Å². The number of nitrogens with one attached hydrogen (secondary N) is 2. The average Bonchev–Trinajstić information content (AvgIpc) is 3.14. The van der Waals surface area contributed by atoms with Crippen molar-refractivity contribution in [3.05, 3.63) is 63.2 Å². The lowest BCUT2D eigenvalue weighted by Gasteiger charge is -2.31. The van der Waals surface area contributed by atoms with Gasteiger partial charge in [-0.05, 0) is 37.1 Å². The van der Waals surface area contributed by atoms with E-state index in [-0.39, 0.29) is 47.1 Å². The number of anilines is 2. The van der Waals surface area contributed by atoms with E-state index in [1.807, 2.05) is 0 Å². The monoisotopic (exact) mass is 547 g/mol. The Hall–Kier alpha value is -2.45. The highest BCUT2D eigenvalue weighted by Gasteiger charge is 2.30. The summed E-state index contributed by atoms with van der Waals surface area (Å²) in [6, 6.07) is 6.04. The predicted octanol–water partition coefficient (Wildman–Crippen LogP) is 3.98. The van der Waals surface area contributed by atoms with Gasteiger partial charge in [0.1, 0.15) is 27.0 Å². The van der Waals surface area contributed by atoms with Crippen molar-refractivity contribution in [1.29, 1.82) is 0 Å². The molecule has 0 spiro atoms. The number of benzene rings is 1. The molecule has 3 aromatic rings. The van der Waals surface area contributed by atoms with Crippen LogP contribution in [0.3, 0.4) is 0 Å². The van der Waals surface area contributed by atoms with E-state index in [4.69, 9.17) is 18.0 Å². The number of hydrogen-bond donors (Lipinski definition) is 3. The molecular formula is C20H20ClF2N5O3S3. The molecule has 3 heterocycles. The maximum atomic E-state index is 14.0. The van der Waals surface area contributed by atoms with Gasteiger partial charge in [-0.25, -0.2) is 22.2 Å². The Balaban J connectivity index is 0.00000324. The first-order valence-electron chi connectivity index (χ1n) is 9.87. The molecule has 1 aliphatic heterocycles. The van der Waals surface area contributed by atoms with Gasteiger partial charge < -0.3 is 16.0 Å². The zero-order valence-corrected chi connectivity index (χ0v) is 20.7. The number of carbonyl (C=O) groups is 1. The predicted molar refractivity (Wildman–Crippen MR) is 131 cm³/mol. The fraction of sp³-hybridized carbons (Fsp3) is 0.250. The van der Waals surface area contributed by atoms with Gasteiger partial charge in [-0.3, -0.25) is 4.79 Å². The Kier molecular flexibility index (Phi) is 8.03. The van der Waals surface area contributed by atoms with Gasteiger partial charge in [0.05, 0.1) is 10.5 Å². The summed E-state index contributed by atoms with van der Waals surface area (Å²) in [6.07, 6.45) is 2.36. The Morgan fingerprint density at radius 3 is 2.44 bits per heavy atom. The normalized spacial score (nSPS) is 15.0. The van der Waals surface area contributed by atoms with E-state index in [1.165, 1.54) is 28.7 Å². The van der Waals surface area contributed by atoms with Crippen LogP contribution in [0.2, 0.25) is 0 Å². The van der Waals surface area contributed by atoms with E-state index >= 15 is 0 Å². The molecule has 1 fully saturated rings. The van der Waals surface area contributed by atoms with Gasteiger partial charge in [0.25, 0.3) is 0 Å². The van der Waals surface area contributed by atoms with E-state index in [0.29, 0.717) is 22.6 Å². The van der Waals surface area contributed by atoms with E-state index < -0.39 is 33.0 Å². The smallest absolute Gasteiger partial charge is 0.244 e. The standard InChI is InChI=1S/C20H19F2N5O3S3.ClH/c21-13-2-1-3-14(22)16(13)17(28)18-19(23)26-20(32-18)25-11-6-8-27(9-7-11)33(29,30)12-4-5-15(31)24-10-12;/h1-5,10-11H,6-9,23H2,(H,24,31)(H,25,26);1H. The lowest BCUT2D eigenvalue weighted by Crippen LogP contribution is -2.42. The number of hydrogen-bond acceptors (Lipinski definition) is 8. The van der Waals surface area contributed by atoms with E-state index in [9.17, 15) is 22.0 Å². The molecule has 0 atom stereocenters. The summed E-state index contributed by atoms with van der Waals surface area (Å²) >= 11 is 5.85. The number of ketones is 1. The van der Waals surface area contributed by atoms with Gasteiger partial charge in [0, 0.05) is 25.3 Å². The lowest BCUT2D eigenvalue weighted by molar-refractivity contribution is 0.103. The van der Waals surface area contributed by atoms with Crippen LogP contribution in [0.1, 0.15) is 28.1 Å². The van der Waals surface area contributed by atoms with Crippen LogP contribution in [0.15, 0.2) is 41.4 Å². The number of sulfonamides is 1. The zero-order chi connectivity index (χ0) is 23.8. The number of aromatic nitrogens is 2. The minimum absolute atomic E-state index is 0. The highest BCUT2D eigenvalue weighted by atomic mass is 35.5. The van der Waals surface area contributed by atoms with Crippen LogP contribution in [-0.4, -0.2) is 47.6 Å². The van der Waals surface area contributed by atoms with Gasteiger partial charge in [-0.15, -0.1) is 12.4 Å². The third-order valence-electron chi connectivity index (χ3n) is 5.22. The van der Waals surface area contributed by atoms with Crippen molar-refractivity contribution in [3.63, 3.8) is 0 Å². The molecule has 0 radical (unpaired) electrons. The number of carbonyl (C=O) groups excluding carboxylic acids is 1. The summed E-state index contributed by atoms with van der Waals surface area (Å²) in [5, 5.41) is 3.47. The first-order chi connectivity index (χ1) is 15.7. The second-order valence-electron chi connectivity index (χ2n) is 7.37. The number of nitrogens with two attached hydrogens (primary N) is 1. The van der Waals surface area contributed by atoms with Crippen molar-refractivity contribution >= 4 is 62.7 Å². The Morgan fingerprint density at radius 2 is 1.85 bits per heavy atom. The summed E-state index contributed by atoms with van der Waals surface area (Å²) in [6.45, 7) is 0.561. The molecule has 1 aromatic carbocycles. The highest BCUT2D eigenvalue weighted by molar-refractivity contribution is 7.89. The minimum Gasteiger partial charge on any atom is -0.382 e. The SMILES string of the molecule is Cl.Nc1nc(NC2CCN(S(=O)(=O)c3ccc(=S)[nH]c3)CC2)sc1C(=O)c1c(F)cccc1F. The Bertz CT molecular complexity index is 1330. The van der Waals surface area contributed by atoms with E-state index in [1.54, 1.807) is 0 Å². The maximum Gasteiger partial charge on any atom is 0.244 e. The van der Waals surface area contributed by atoms with E-state index in [0.717, 1.165) is 23.5 Å². The van der Waals surface area contributed by atoms with Crippen molar-refractivity contribution in [2.24, 2.45) is 0 Å². The number of H-pyrrole nitrogens is 1. The van der Waals surface area contributed by atoms with Crippen molar-refractivity contribution in [3.8, 4) is 0 Å². The number of aromatic amines is 1. The summed E-state index contributed by atoms with van der Waals surface area (Å²) in [5.74, 6) is -2.96. The summed E-state index contributed by atoms with van der Waals surface area (Å²) in [5.41, 5.74) is 5.15. The van der Waals surface area contributed by atoms with Crippen molar-refractivity contribution < 1.29 is 22.0 Å². The maximum absolute atomic E-state index is 14.0. The van der Waals surface area contributed by atoms with Gasteiger partial charge in [0.2, 0.25) is 15.8 Å². The molecule has 4 rings (SSSR count). The first-order valence-corrected chi connectivity index (χ1v) is 12.5. The summed E-state index contributed by atoms with van der Waals surface area (Å²) in [4.78, 5) is 19.5. The number of rotatable bonds is 6. The second-order valence-corrected chi connectivity index (χ2v) is 10.7. The topological polar surface area (TPSA) is 121 Å². The molecule has 0 bridgehead atoms. The number of pyridine rings is 1. The average molecular weight is 548 g/mol. The molecule has 14 heteroatoms. The lowest BCUT2D eigenvalue weighted by atomic mass is 10.1. The molecule has 0 aliphatic carbocycles. The first kappa shape index (κ1) is 26.2. The van der Waals surface area contributed by atoms with Gasteiger partial charge in [-0.2, -0.15) is 4.31 Å². The fourth-order valence-corrected chi connectivity index (χ4v) is 5.98. The third kappa shape index (κ3) is 5.28. The molecule has 2 aromatic heterocycles. The molecule has 8 nitrogen and oxygen atoms in total. The van der Waals surface area contributed by atoms with Crippen molar-refractivity contribution in [1.82, 2.24) is 14.3 Å². The Morgan fingerprint density at radius 1 is 1.21 bits per heavy atom. The van der Waals surface area contributed by atoms with Crippen LogP contribution in [0.4, 0.5) is 19.7 Å². The van der Waals surface area contributed by atoms with Crippen LogP contribution in [0.5, 0.6) is 0 Å². The number of piperidine rings is 1. The van der Waals surface area contributed by atoms with Crippen LogP contribution in [0.25, 0.3) is 0 Å². The number of nitrogen functional groups attached to an aromatic ring is 1. The Labute approximate surface area is 209 Å². The highest BCUT2D eigenvalue weighted by Crippen LogP contribution is 2.31. The molecule has 1 aliphatic rings. The second kappa shape index (κ2) is 10.4. The molecule has 4 N–H and O–H groups in total. The van der Waals surface area contributed by atoms with Crippen LogP contribution < -0.4 is 11.1 Å². The molecule has 0 amide bonds. The van der Waals surface area contributed by atoms with E-state index in [2.05, 4.69) is 15.3 Å². The largest absolute Gasteiger partial charge is 0.382 e. The molecule has 34 heavy (non-hydrogen) atoms. The van der Waals surface area contributed by atoms with Crippen molar-refractivity contribution in [2.45, 2.75) is 23.8 Å². The van der Waals surface area contributed by atoms with Gasteiger partial charge in [0.15, 0.2) is 5.13 Å². The van der Waals surface area contributed by atoms with Crippen LogP contribution in [0, 0.1) is 16.3 Å². The number of thiazole rings is 1. The number of halogens is 3. The fourth-order valence-electron chi connectivity index (χ4n) is 3.51. The van der Waals surface area contributed by atoms with Crippen LogP contribution in [-0.2, 0) is 10.0 Å². The molecule has 1 saturated heterocycles. The quantitative estimate of drug-likeness (QED) is 0.315. The summed E-state index contributed by atoms with van der Waals surface area (Å²) < 4.78 is 55.4. The van der Waals surface area contributed by atoms with Gasteiger partial charge >= 0.3 is 0 Å². The summed E-state index contributed by atoms with van der Waals surface area (Å²) in [7, 11) is -3.65. The molecular weight excluding hydrogens is 528 g/mol. The van der Waals surface area contributed by atoms with Crippen LogP contribution >= 0.6 is 36.0 Å². The third-order valence-corrected chi connectivity index (χ3v) is 8.37. The molecule has 0 unspecified atom stereocenters. The zero-order valence-electron chi connectivity index (χ0n) is 17.5. The van der Waals surface area contributed by atoms with Gasteiger partial charge in [-0.1, -0.05) is 29.6 Å². The molecule has 0 saturated carbocycles.